The largest absolute Gasteiger partial charge is 0.453 e. The lowest BCUT2D eigenvalue weighted by Gasteiger charge is -2.12. The van der Waals surface area contributed by atoms with Crippen molar-refractivity contribution in [3.8, 4) is 17.2 Å². The predicted molar refractivity (Wildman–Crippen MR) is 123 cm³/mol. The first-order valence-electron chi connectivity index (χ1n) is 9.26. The Labute approximate surface area is 197 Å². The Morgan fingerprint density at radius 1 is 1.03 bits per heavy atom. The fraction of sp³-hybridized carbons (Fsp3) is 0.0455. The molecule has 0 radical (unpaired) electrons. The average molecular weight is 492 g/mol. The molecule has 0 aliphatic rings. The Morgan fingerprint density at radius 2 is 1.88 bits per heavy atom. The van der Waals surface area contributed by atoms with Crippen LogP contribution in [-0.2, 0) is 6.54 Å². The quantitative estimate of drug-likeness (QED) is 0.351. The summed E-state index contributed by atoms with van der Waals surface area (Å²) in [6.45, 7) is 0.314. The van der Waals surface area contributed by atoms with Crippen LogP contribution >= 0.6 is 34.8 Å². The Hall–Kier alpha value is -3.13. The molecule has 0 saturated heterocycles. The highest BCUT2D eigenvalue weighted by Gasteiger charge is 2.11. The number of anilines is 1. The van der Waals surface area contributed by atoms with Crippen LogP contribution in [0.1, 0.15) is 5.56 Å². The summed E-state index contributed by atoms with van der Waals surface area (Å²) in [5.41, 5.74) is 1.15. The SMILES string of the molecule is O=c1c(Cl)c(Cl)cnn1-c1ccc(NCc2ccc(Oc3cccnc3)c(F)c2)c(Cl)c1. The van der Waals surface area contributed by atoms with Crippen molar-refractivity contribution in [1.82, 2.24) is 14.8 Å². The molecule has 4 aromatic rings. The van der Waals surface area contributed by atoms with E-state index >= 15 is 0 Å². The second-order valence-electron chi connectivity index (χ2n) is 6.60. The summed E-state index contributed by atoms with van der Waals surface area (Å²) in [6, 6.07) is 13.0. The van der Waals surface area contributed by atoms with E-state index in [2.05, 4.69) is 15.4 Å². The number of nitrogens with zero attached hydrogens (tertiary/aromatic N) is 3. The molecular weight excluding hydrogens is 478 g/mol. The second-order valence-corrected chi connectivity index (χ2v) is 7.79. The number of ether oxygens (including phenoxy) is 1. The molecule has 4 rings (SSSR count). The molecule has 32 heavy (non-hydrogen) atoms. The number of nitrogens with one attached hydrogen (secondary N) is 1. The van der Waals surface area contributed by atoms with Gasteiger partial charge < -0.3 is 10.1 Å². The van der Waals surface area contributed by atoms with Crippen molar-refractivity contribution >= 4 is 40.5 Å². The molecular formula is C22H14Cl3FN4O2. The summed E-state index contributed by atoms with van der Waals surface area (Å²) < 4.78 is 21.0. The molecule has 2 heterocycles. The first kappa shape index (κ1) is 22.1. The maximum absolute atomic E-state index is 14.4. The van der Waals surface area contributed by atoms with Gasteiger partial charge in [0.1, 0.15) is 10.8 Å². The van der Waals surface area contributed by atoms with Crippen LogP contribution in [0, 0.1) is 5.82 Å². The maximum atomic E-state index is 14.4. The minimum atomic E-state index is -0.556. The molecule has 6 nitrogen and oxygen atoms in total. The molecule has 0 aliphatic heterocycles. The summed E-state index contributed by atoms with van der Waals surface area (Å²) in [6.07, 6.45) is 4.39. The number of rotatable bonds is 6. The van der Waals surface area contributed by atoms with Crippen molar-refractivity contribution in [1.29, 1.82) is 0 Å². The summed E-state index contributed by atoms with van der Waals surface area (Å²) in [7, 11) is 0. The van der Waals surface area contributed by atoms with E-state index in [-0.39, 0.29) is 15.8 Å². The van der Waals surface area contributed by atoms with Crippen molar-refractivity contribution in [2.75, 3.05) is 5.32 Å². The van der Waals surface area contributed by atoms with E-state index in [4.69, 9.17) is 39.5 Å². The Morgan fingerprint density at radius 3 is 2.59 bits per heavy atom. The zero-order valence-corrected chi connectivity index (χ0v) is 18.5. The van der Waals surface area contributed by atoms with Crippen molar-refractivity contribution in [2.45, 2.75) is 6.54 Å². The van der Waals surface area contributed by atoms with Gasteiger partial charge in [0.05, 0.1) is 33.8 Å². The topological polar surface area (TPSA) is 69.0 Å². The Balaban J connectivity index is 1.47. The number of hydrogen-bond donors (Lipinski definition) is 1. The number of pyridine rings is 1. The van der Waals surface area contributed by atoms with Crippen LogP contribution < -0.4 is 15.6 Å². The third-order valence-electron chi connectivity index (χ3n) is 4.42. The van der Waals surface area contributed by atoms with Gasteiger partial charge in [0.15, 0.2) is 11.6 Å². The van der Waals surface area contributed by atoms with Gasteiger partial charge >= 0.3 is 0 Å². The number of hydrogen-bond acceptors (Lipinski definition) is 5. The highest BCUT2D eigenvalue weighted by atomic mass is 35.5. The average Bonchev–Trinajstić information content (AvgIpc) is 2.79. The maximum Gasteiger partial charge on any atom is 0.291 e. The second kappa shape index (κ2) is 9.56. The monoisotopic (exact) mass is 490 g/mol. The van der Waals surface area contributed by atoms with Gasteiger partial charge in [-0.3, -0.25) is 9.78 Å². The molecule has 2 aromatic carbocycles. The van der Waals surface area contributed by atoms with Gasteiger partial charge in [-0.2, -0.15) is 9.78 Å². The fourth-order valence-corrected chi connectivity index (χ4v) is 3.34. The first-order chi connectivity index (χ1) is 15.4. The van der Waals surface area contributed by atoms with E-state index in [1.54, 1.807) is 48.7 Å². The van der Waals surface area contributed by atoms with Crippen LogP contribution in [0.5, 0.6) is 11.5 Å². The number of benzene rings is 2. The van der Waals surface area contributed by atoms with Crippen LogP contribution in [0.15, 0.2) is 71.9 Å². The number of halogens is 4. The molecule has 0 unspecified atom stereocenters. The van der Waals surface area contributed by atoms with Crippen molar-refractivity contribution in [2.24, 2.45) is 0 Å². The van der Waals surface area contributed by atoms with Crippen LogP contribution in [-0.4, -0.2) is 14.8 Å². The molecule has 0 bridgehead atoms. The van der Waals surface area contributed by atoms with E-state index in [1.807, 2.05) is 0 Å². The van der Waals surface area contributed by atoms with Crippen LogP contribution in [0.2, 0.25) is 15.1 Å². The molecule has 0 atom stereocenters. The third-order valence-corrected chi connectivity index (χ3v) is 5.48. The Kier molecular flexibility index (Phi) is 6.60. The lowest BCUT2D eigenvalue weighted by molar-refractivity contribution is 0.440. The molecule has 0 saturated carbocycles. The van der Waals surface area contributed by atoms with Gasteiger partial charge in [0.25, 0.3) is 5.56 Å². The third kappa shape index (κ3) is 4.85. The standard InChI is InChI=1S/C22H14Cl3FN4O2/c23-16-9-14(30-22(31)21(25)17(24)12-29-30)4-5-19(16)28-10-13-3-6-20(18(26)8-13)32-15-2-1-7-27-11-15/h1-9,11-12,28H,10H2. The molecule has 0 amide bonds. The summed E-state index contributed by atoms with van der Waals surface area (Å²) in [4.78, 5) is 16.2. The minimum absolute atomic E-state index is 0.0707. The predicted octanol–water partition coefficient (Wildman–Crippen LogP) is 6.13. The molecule has 1 N–H and O–H groups in total. The molecule has 0 spiro atoms. The van der Waals surface area contributed by atoms with Crippen molar-refractivity contribution in [3.63, 3.8) is 0 Å². The molecule has 162 valence electrons. The van der Waals surface area contributed by atoms with E-state index in [9.17, 15) is 9.18 Å². The summed E-state index contributed by atoms with van der Waals surface area (Å²) in [5.74, 6) is 0.0445. The summed E-state index contributed by atoms with van der Waals surface area (Å²) >= 11 is 18.1. The lowest BCUT2D eigenvalue weighted by Crippen LogP contribution is -2.21. The van der Waals surface area contributed by atoms with Gasteiger partial charge in [-0.1, -0.05) is 40.9 Å². The smallest absolute Gasteiger partial charge is 0.291 e. The van der Waals surface area contributed by atoms with Crippen LogP contribution in [0.3, 0.4) is 0 Å². The van der Waals surface area contributed by atoms with Gasteiger partial charge in [-0.25, -0.2) is 4.39 Å². The van der Waals surface area contributed by atoms with Gasteiger partial charge in [0, 0.05) is 12.7 Å². The van der Waals surface area contributed by atoms with Gasteiger partial charge in [-0.15, -0.1) is 0 Å². The van der Waals surface area contributed by atoms with E-state index in [0.717, 1.165) is 4.68 Å². The Bertz CT molecular complexity index is 1330. The van der Waals surface area contributed by atoms with E-state index in [1.165, 1.54) is 18.5 Å². The zero-order chi connectivity index (χ0) is 22.7. The van der Waals surface area contributed by atoms with Crippen molar-refractivity contribution in [3.05, 3.63) is 104 Å². The first-order valence-corrected chi connectivity index (χ1v) is 10.4. The normalized spacial score (nSPS) is 10.8. The zero-order valence-electron chi connectivity index (χ0n) is 16.2. The van der Waals surface area contributed by atoms with Crippen LogP contribution in [0.4, 0.5) is 10.1 Å². The molecule has 0 aliphatic carbocycles. The van der Waals surface area contributed by atoms with E-state index in [0.29, 0.717) is 34.3 Å². The summed E-state index contributed by atoms with van der Waals surface area (Å²) in [5, 5.41) is 7.40. The molecule has 10 heteroatoms. The number of aromatic nitrogens is 3. The fourth-order valence-electron chi connectivity index (χ4n) is 2.84. The lowest BCUT2D eigenvalue weighted by atomic mass is 10.2. The highest BCUT2D eigenvalue weighted by Crippen LogP contribution is 2.27. The highest BCUT2D eigenvalue weighted by molar-refractivity contribution is 6.41. The van der Waals surface area contributed by atoms with Gasteiger partial charge in [-0.05, 0) is 48.0 Å². The van der Waals surface area contributed by atoms with Gasteiger partial charge in [0.2, 0.25) is 0 Å². The van der Waals surface area contributed by atoms with Crippen molar-refractivity contribution < 1.29 is 9.13 Å². The molecule has 0 fully saturated rings. The van der Waals surface area contributed by atoms with E-state index < -0.39 is 11.4 Å². The minimum Gasteiger partial charge on any atom is -0.453 e. The molecule has 2 aromatic heterocycles. The van der Waals surface area contributed by atoms with Crippen LogP contribution in [0.25, 0.3) is 5.69 Å².